The third-order valence-electron chi connectivity index (χ3n) is 16.2. The molecule has 1 atom stereocenters. The maximum Gasteiger partial charge on any atom is 0.306 e. The van der Waals surface area contributed by atoms with Crippen molar-refractivity contribution >= 4 is 17.9 Å². The summed E-state index contributed by atoms with van der Waals surface area (Å²) in [7, 11) is 0. The van der Waals surface area contributed by atoms with Crippen molar-refractivity contribution in [2.24, 2.45) is 0 Å². The lowest BCUT2D eigenvalue weighted by Crippen LogP contribution is -2.30. The number of allylic oxidation sites excluding steroid dienone is 12. The van der Waals surface area contributed by atoms with Crippen molar-refractivity contribution in [3.63, 3.8) is 0 Å². The minimum Gasteiger partial charge on any atom is -0.462 e. The highest BCUT2D eigenvalue weighted by molar-refractivity contribution is 5.71. The molecule has 0 bridgehead atoms. The van der Waals surface area contributed by atoms with Gasteiger partial charge in [-0.25, -0.2) is 0 Å². The summed E-state index contributed by atoms with van der Waals surface area (Å²) in [6.07, 6.45) is 93.5. The summed E-state index contributed by atoms with van der Waals surface area (Å²) in [5.41, 5.74) is 0. The van der Waals surface area contributed by atoms with Crippen molar-refractivity contribution in [3.05, 3.63) is 72.9 Å². The molecule has 83 heavy (non-hydrogen) atoms. The molecule has 0 aliphatic heterocycles. The van der Waals surface area contributed by atoms with E-state index in [0.29, 0.717) is 19.3 Å². The van der Waals surface area contributed by atoms with Crippen LogP contribution >= 0.6 is 0 Å². The third-order valence-corrected chi connectivity index (χ3v) is 16.2. The fourth-order valence-corrected chi connectivity index (χ4v) is 10.7. The van der Waals surface area contributed by atoms with Crippen LogP contribution in [-0.4, -0.2) is 37.2 Å². The molecule has 0 saturated heterocycles. The third kappa shape index (κ3) is 69.5. The van der Waals surface area contributed by atoms with E-state index in [1.807, 2.05) is 0 Å². The van der Waals surface area contributed by atoms with Gasteiger partial charge < -0.3 is 14.2 Å². The molecule has 0 saturated carbocycles. The summed E-state index contributed by atoms with van der Waals surface area (Å²) in [5, 5.41) is 0. The van der Waals surface area contributed by atoms with Crippen molar-refractivity contribution in [1.82, 2.24) is 0 Å². The molecule has 0 amide bonds. The summed E-state index contributed by atoms with van der Waals surface area (Å²) in [6.45, 7) is 6.64. The van der Waals surface area contributed by atoms with Crippen LogP contribution < -0.4 is 0 Å². The number of esters is 3. The second kappa shape index (κ2) is 71.3. The number of rotatable bonds is 67. The molecule has 6 nitrogen and oxygen atoms in total. The highest BCUT2D eigenvalue weighted by atomic mass is 16.6. The molecular weight excluding hydrogens is 1020 g/mol. The van der Waals surface area contributed by atoms with E-state index >= 15 is 0 Å². The molecular formula is C77H138O6. The minimum absolute atomic E-state index is 0.0770. The lowest BCUT2D eigenvalue weighted by atomic mass is 10.0. The van der Waals surface area contributed by atoms with E-state index < -0.39 is 6.10 Å². The van der Waals surface area contributed by atoms with E-state index in [1.165, 1.54) is 257 Å². The first-order valence-corrected chi connectivity index (χ1v) is 36.4. The van der Waals surface area contributed by atoms with Crippen molar-refractivity contribution < 1.29 is 28.6 Å². The van der Waals surface area contributed by atoms with Gasteiger partial charge in [-0.3, -0.25) is 14.4 Å². The second-order valence-electron chi connectivity index (χ2n) is 24.5. The summed E-state index contributed by atoms with van der Waals surface area (Å²) in [4.78, 5) is 38.5. The molecule has 0 N–H and O–H groups in total. The van der Waals surface area contributed by atoms with E-state index in [0.717, 1.165) is 83.5 Å². The minimum atomic E-state index is -0.783. The Morgan fingerprint density at radius 1 is 0.241 bits per heavy atom. The number of hydrogen-bond acceptors (Lipinski definition) is 6. The standard InChI is InChI=1S/C77H138O6/c1-4-7-10-13-16-19-22-25-28-31-33-35-36-37-38-39-40-42-43-46-49-52-55-58-61-64-67-70-76(79)82-73-74(72-81-75(78)69-66-63-60-57-54-51-48-45-30-27-24-21-18-15-12-9-6-3)83-77(80)71-68-65-62-59-56-53-50-47-44-41-34-32-29-26-23-20-17-14-11-8-5-2/h18,21-23,25-27,30-34,74H,4-17,19-20,24,28-29,35-73H2,1-3H3/b21-18-,25-22-,26-23-,30-27-,33-31-,34-32-. The fourth-order valence-electron chi connectivity index (χ4n) is 10.7. The average Bonchev–Trinajstić information content (AvgIpc) is 3.50. The zero-order chi connectivity index (χ0) is 59.9. The highest BCUT2D eigenvalue weighted by Crippen LogP contribution is 2.18. The van der Waals surface area contributed by atoms with Crippen LogP contribution in [0.25, 0.3) is 0 Å². The van der Waals surface area contributed by atoms with Crippen LogP contribution in [0.2, 0.25) is 0 Å². The average molecular weight is 1160 g/mol. The Hall–Kier alpha value is -3.15. The van der Waals surface area contributed by atoms with Crippen LogP contribution in [0.15, 0.2) is 72.9 Å². The van der Waals surface area contributed by atoms with Gasteiger partial charge in [0.05, 0.1) is 0 Å². The van der Waals surface area contributed by atoms with Crippen molar-refractivity contribution in [1.29, 1.82) is 0 Å². The monoisotopic (exact) mass is 1160 g/mol. The molecule has 0 rings (SSSR count). The summed E-state index contributed by atoms with van der Waals surface area (Å²) in [6, 6.07) is 0. The second-order valence-corrected chi connectivity index (χ2v) is 24.5. The van der Waals surface area contributed by atoms with E-state index in [2.05, 4.69) is 93.7 Å². The predicted octanol–water partition coefficient (Wildman–Crippen LogP) is 25.2. The van der Waals surface area contributed by atoms with Gasteiger partial charge in [-0.2, -0.15) is 0 Å². The van der Waals surface area contributed by atoms with Gasteiger partial charge in [0.25, 0.3) is 0 Å². The Morgan fingerprint density at radius 3 is 0.687 bits per heavy atom. The molecule has 0 heterocycles. The molecule has 0 aromatic carbocycles. The number of carbonyl (C=O) groups excluding carboxylic acids is 3. The molecule has 0 aliphatic rings. The molecule has 482 valence electrons. The van der Waals surface area contributed by atoms with Gasteiger partial charge >= 0.3 is 17.9 Å². The Kier molecular flexibility index (Phi) is 68.6. The van der Waals surface area contributed by atoms with Gasteiger partial charge in [0.2, 0.25) is 0 Å². The van der Waals surface area contributed by atoms with Crippen LogP contribution in [-0.2, 0) is 28.6 Å². The quantitative estimate of drug-likeness (QED) is 0.0261. The normalized spacial score (nSPS) is 12.5. The first kappa shape index (κ1) is 79.8. The van der Waals surface area contributed by atoms with Gasteiger partial charge in [0.1, 0.15) is 13.2 Å². The molecule has 0 aliphatic carbocycles. The predicted molar refractivity (Wildman–Crippen MR) is 362 cm³/mol. The van der Waals surface area contributed by atoms with Crippen LogP contribution in [0.3, 0.4) is 0 Å². The molecule has 1 unspecified atom stereocenters. The lowest BCUT2D eigenvalue weighted by molar-refractivity contribution is -0.167. The topological polar surface area (TPSA) is 78.9 Å². The van der Waals surface area contributed by atoms with E-state index in [9.17, 15) is 14.4 Å². The van der Waals surface area contributed by atoms with Gasteiger partial charge in [-0.1, -0.05) is 318 Å². The Labute approximate surface area is 516 Å². The SMILES string of the molecule is CCCCC/C=C\C/C=C\CCCCCCCCCC(=O)OCC(COC(=O)CCCCCCCCCCCCCCCCC/C=C\C/C=C\CCCCCCC)OC(=O)CCCCCCCCCCC/C=C\C/C=C\CCCCCCC. The van der Waals surface area contributed by atoms with E-state index in [1.54, 1.807) is 0 Å². The largest absolute Gasteiger partial charge is 0.462 e. The van der Waals surface area contributed by atoms with Crippen molar-refractivity contribution in [2.75, 3.05) is 13.2 Å². The number of carbonyl (C=O) groups is 3. The molecule has 0 spiro atoms. The Bertz CT molecular complexity index is 1520. The van der Waals surface area contributed by atoms with E-state index in [-0.39, 0.29) is 31.1 Å². The summed E-state index contributed by atoms with van der Waals surface area (Å²) >= 11 is 0. The van der Waals surface area contributed by atoms with Crippen LogP contribution in [0.4, 0.5) is 0 Å². The van der Waals surface area contributed by atoms with Crippen molar-refractivity contribution in [3.8, 4) is 0 Å². The van der Waals surface area contributed by atoms with Crippen molar-refractivity contribution in [2.45, 2.75) is 386 Å². The number of hydrogen-bond donors (Lipinski definition) is 0. The number of ether oxygens (including phenoxy) is 3. The van der Waals surface area contributed by atoms with Gasteiger partial charge in [-0.15, -0.1) is 0 Å². The zero-order valence-electron chi connectivity index (χ0n) is 55.5. The van der Waals surface area contributed by atoms with Crippen LogP contribution in [0.5, 0.6) is 0 Å². The maximum atomic E-state index is 13.0. The van der Waals surface area contributed by atoms with Crippen LogP contribution in [0.1, 0.15) is 380 Å². The Morgan fingerprint density at radius 2 is 0.434 bits per heavy atom. The Balaban J connectivity index is 4.31. The van der Waals surface area contributed by atoms with E-state index in [4.69, 9.17) is 14.2 Å². The highest BCUT2D eigenvalue weighted by Gasteiger charge is 2.19. The zero-order valence-corrected chi connectivity index (χ0v) is 55.5. The summed E-state index contributed by atoms with van der Waals surface area (Å²) < 4.78 is 17.0. The van der Waals surface area contributed by atoms with Crippen LogP contribution in [0, 0.1) is 0 Å². The number of unbranched alkanes of at least 4 members (excludes halogenated alkanes) is 44. The summed E-state index contributed by atoms with van der Waals surface area (Å²) in [5.74, 6) is -0.867. The molecule has 6 heteroatoms. The smallest absolute Gasteiger partial charge is 0.306 e. The molecule has 0 aromatic rings. The first-order chi connectivity index (χ1) is 41.0. The lowest BCUT2D eigenvalue weighted by Gasteiger charge is -2.18. The molecule has 0 aromatic heterocycles. The van der Waals surface area contributed by atoms with Gasteiger partial charge in [-0.05, 0) is 116 Å². The maximum absolute atomic E-state index is 13.0. The van der Waals surface area contributed by atoms with Gasteiger partial charge in [0, 0.05) is 19.3 Å². The first-order valence-electron chi connectivity index (χ1n) is 36.4. The van der Waals surface area contributed by atoms with Gasteiger partial charge in [0.15, 0.2) is 6.10 Å². The molecule has 0 fully saturated rings. The molecule has 0 radical (unpaired) electrons. The fraction of sp³-hybridized carbons (Fsp3) is 0.805.